The second kappa shape index (κ2) is 15.2. The van der Waals surface area contributed by atoms with Crippen LogP contribution in [0.2, 0.25) is 0 Å². The van der Waals surface area contributed by atoms with Crippen LogP contribution in [0.5, 0.6) is 5.88 Å². The molecule has 1 heterocycles. The fraction of sp³-hybridized carbons (Fsp3) is 0.667. The summed E-state index contributed by atoms with van der Waals surface area (Å²) >= 11 is 0. The van der Waals surface area contributed by atoms with Gasteiger partial charge in [0.25, 0.3) is 0 Å². The first kappa shape index (κ1) is 23.9. The Bertz CT molecular complexity index is 467. The lowest BCUT2D eigenvalue weighted by molar-refractivity contribution is 0.129. The number of guanidine groups is 1. The number of aliphatic imine (C=N–C) groups is 1. The monoisotopic (exact) mass is 464 g/mol. The number of pyridine rings is 1. The van der Waals surface area contributed by atoms with Gasteiger partial charge in [0.05, 0.1) is 6.10 Å². The quantitative estimate of drug-likeness (QED) is 0.228. The maximum absolute atomic E-state index is 5.54. The highest BCUT2D eigenvalue weighted by Crippen LogP contribution is 2.09. The van der Waals surface area contributed by atoms with Gasteiger partial charge in [0.1, 0.15) is 0 Å². The highest BCUT2D eigenvalue weighted by molar-refractivity contribution is 14.0. The van der Waals surface area contributed by atoms with Crippen molar-refractivity contribution in [1.29, 1.82) is 0 Å². The number of aromatic nitrogens is 1. The van der Waals surface area contributed by atoms with Crippen LogP contribution in [-0.2, 0) is 11.3 Å². The van der Waals surface area contributed by atoms with Crippen molar-refractivity contribution < 1.29 is 9.47 Å². The fourth-order valence-corrected chi connectivity index (χ4v) is 1.96. The second-order valence-electron chi connectivity index (χ2n) is 5.84. The zero-order chi connectivity index (χ0) is 17.6. The number of unbranched alkanes of at least 4 members (excludes halogenated alkanes) is 1. The molecule has 25 heavy (non-hydrogen) atoms. The third-order valence-corrected chi connectivity index (χ3v) is 3.24. The first-order valence-electron chi connectivity index (χ1n) is 8.79. The second-order valence-corrected chi connectivity index (χ2v) is 5.84. The Morgan fingerprint density at radius 1 is 1.20 bits per heavy atom. The van der Waals surface area contributed by atoms with E-state index >= 15 is 0 Å². The Balaban J connectivity index is 0.00000576. The average molecular weight is 464 g/mol. The minimum absolute atomic E-state index is 0. The van der Waals surface area contributed by atoms with Crippen LogP contribution in [0.1, 0.15) is 45.6 Å². The summed E-state index contributed by atoms with van der Waals surface area (Å²) in [6, 6.07) is 3.90. The summed E-state index contributed by atoms with van der Waals surface area (Å²) in [6.45, 7) is 9.29. The maximum atomic E-state index is 5.54. The molecule has 0 saturated carbocycles. The van der Waals surface area contributed by atoms with Crippen molar-refractivity contribution >= 4 is 29.9 Å². The maximum Gasteiger partial charge on any atom is 0.213 e. The Kier molecular flexibility index (Phi) is 14.5. The highest BCUT2D eigenvalue weighted by Gasteiger charge is 2.01. The van der Waals surface area contributed by atoms with E-state index in [1.807, 2.05) is 32.2 Å². The number of ether oxygens (including phenoxy) is 2. The molecular formula is C18H33IN4O2. The SMILES string of the molecule is CCCCOCCCNC(=NC)NCc1ccc(OC(C)C)nc1.I. The lowest BCUT2D eigenvalue weighted by atomic mass is 10.3. The Morgan fingerprint density at radius 2 is 1.96 bits per heavy atom. The molecule has 0 aromatic carbocycles. The molecule has 0 aliphatic rings. The van der Waals surface area contributed by atoms with E-state index in [0.717, 1.165) is 44.1 Å². The zero-order valence-corrected chi connectivity index (χ0v) is 18.2. The number of halogens is 1. The third-order valence-electron chi connectivity index (χ3n) is 3.24. The zero-order valence-electron chi connectivity index (χ0n) is 15.9. The van der Waals surface area contributed by atoms with Gasteiger partial charge in [-0.3, -0.25) is 4.99 Å². The Morgan fingerprint density at radius 3 is 2.56 bits per heavy atom. The molecule has 0 aliphatic carbocycles. The molecule has 0 aliphatic heterocycles. The molecule has 2 N–H and O–H groups in total. The van der Waals surface area contributed by atoms with E-state index < -0.39 is 0 Å². The van der Waals surface area contributed by atoms with Crippen molar-refractivity contribution in [2.45, 2.75) is 52.7 Å². The number of nitrogens with zero attached hydrogens (tertiary/aromatic N) is 2. The molecule has 144 valence electrons. The number of rotatable bonds is 11. The molecule has 1 aromatic heterocycles. The van der Waals surface area contributed by atoms with E-state index in [1.54, 1.807) is 7.05 Å². The fourth-order valence-electron chi connectivity index (χ4n) is 1.96. The Hall–Kier alpha value is -1.09. The average Bonchev–Trinajstić information content (AvgIpc) is 2.57. The van der Waals surface area contributed by atoms with Crippen molar-refractivity contribution in [3.63, 3.8) is 0 Å². The molecular weight excluding hydrogens is 431 g/mol. The smallest absolute Gasteiger partial charge is 0.213 e. The van der Waals surface area contributed by atoms with Gasteiger partial charge in [0.15, 0.2) is 5.96 Å². The molecule has 0 atom stereocenters. The molecule has 0 radical (unpaired) electrons. The molecule has 1 aromatic rings. The number of nitrogens with one attached hydrogen (secondary N) is 2. The molecule has 0 unspecified atom stereocenters. The van der Waals surface area contributed by atoms with Crippen LogP contribution in [0.4, 0.5) is 0 Å². The van der Waals surface area contributed by atoms with Gasteiger partial charge in [-0.25, -0.2) is 4.98 Å². The summed E-state index contributed by atoms with van der Waals surface area (Å²) in [4.78, 5) is 8.51. The highest BCUT2D eigenvalue weighted by atomic mass is 127. The van der Waals surface area contributed by atoms with E-state index in [0.29, 0.717) is 12.4 Å². The molecule has 6 nitrogen and oxygen atoms in total. The predicted octanol–water partition coefficient (Wildman–Crippen LogP) is 3.36. The van der Waals surface area contributed by atoms with Crippen LogP contribution >= 0.6 is 24.0 Å². The first-order valence-corrected chi connectivity index (χ1v) is 8.79. The van der Waals surface area contributed by atoms with E-state index in [2.05, 4.69) is 27.5 Å². The predicted molar refractivity (Wildman–Crippen MR) is 114 cm³/mol. The summed E-state index contributed by atoms with van der Waals surface area (Å²) in [5.41, 5.74) is 1.08. The molecule has 1 rings (SSSR count). The van der Waals surface area contributed by atoms with Gasteiger partial charge in [0.2, 0.25) is 5.88 Å². The van der Waals surface area contributed by atoms with Gasteiger partial charge < -0.3 is 20.1 Å². The van der Waals surface area contributed by atoms with Crippen molar-refractivity contribution in [3.8, 4) is 5.88 Å². The van der Waals surface area contributed by atoms with Crippen molar-refractivity contribution in [3.05, 3.63) is 23.9 Å². The van der Waals surface area contributed by atoms with Gasteiger partial charge in [0, 0.05) is 45.6 Å². The lowest BCUT2D eigenvalue weighted by Gasteiger charge is -2.12. The van der Waals surface area contributed by atoms with E-state index in [9.17, 15) is 0 Å². The normalized spacial score (nSPS) is 11.2. The van der Waals surface area contributed by atoms with E-state index in [-0.39, 0.29) is 30.1 Å². The van der Waals surface area contributed by atoms with Gasteiger partial charge in [-0.1, -0.05) is 19.4 Å². The van der Waals surface area contributed by atoms with Gasteiger partial charge in [-0.15, -0.1) is 24.0 Å². The van der Waals surface area contributed by atoms with Gasteiger partial charge in [-0.2, -0.15) is 0 Å². The topological polar surface area (TPSA) is 67.8 Å². The minimum atomic E-state index is 0. The molecule has 0 bridgehead atoms. The summed E-state index contributed by atoms with van der Waals surface area (Å²) in [7, 11) is 1.77. The summed E-state index contributed by atoms with van der Waals surface area (Å²) in [5, 5.41) is 6.56. The molecule has 0 fully saturated rings. The van der Waals surface area contributed by atoms with Crippen molar-refractivity contribution in [2.75, 3.05) is 26.8 Å². The largest absolute Gasteiger partial charge is 0.475 e. The Labute approximate surface area is 169 Å². The standard InChI is InChI=1S/C18H32N4O2.HI/c1-5-6-11-23-12-7-10-20-18(19-4)22-14-16-8-9-17(21-13-16)24-15(2)3;/h8-9,13,15H,5-7,10-12,14H2,1-4H3,(H2,19,20,22);1H. The molecule has 0 saturated heterocycles. The molecule has 0 amide bonds. The van der Waals surface area contributed by atoms with Crippen LogP contribution in [0, 0.1) is 0 Å². The lowest BCUT2D eigenvalue weighted by Crippen LogP contribution is -2.37. The van der Waals surface area contributed by atoms with Gasteiger partial charge in [-0.05, 0) is 32.3 Å². The molecule has 7 heteroatoms. The van der Waals surface area contributed by atoms with Crippen LogP contribution < -0.4 is 15.4 Å². The van der Waals surface area contributed by atoms with Crippen LogP contribution in [0.25, 0.3) is 0 Å². The van der Waals surface area contributed by atoms with Crippen LogP contribution in [0.3, 0.4) is 0 Å². The third kappa shape index (κ3) is 12.0. The minimum Gasteiger partial charge on any atom is -0.475 e. The first-order chi connectivity index (χ1) is 11.7. The van der Waals surface area contributed by atoms with Crippen LogP contribution in [0.15, 0.2) is 23.3 Å². The van der Waals surface area contributed by atoms with Gasteiger partial charge >= 0.3 is 0 Å². The van der Waals surface area contributed by atoms with Crippen LogP contribution in [-0.4, -0.2) is 43.9 Å². The summed E-state index contributed by atoms with van der Waals surface area (Å²) in [5.74, 6) is 1.44. The molecule has 0 spiro atoms. The van der Waals surface area contributed by atoms with Crippen molar-refractivity contribution in [1.82, 2.24) is 15.6 Å². The summed E-state index contributed by atoms with van der Waals surface area (Å²) in [6.07, 6.45) is 5.22. The van der Waals surface area contributed by atoms with E-state index in [4.69, 9.17) is 9.47 Å². The van der Waals surface area contributed by atoms with E-state index in [1.165, 1.54) is 6.42 Å². The number of hydrogen-bond donors (Lipinski definition) is 2. The van der Waals surface area contributed by atoms with Crippen molar-refractivity contribution in [2.24, 2.45) is 4.99 Å². The number of hydrogen-bond acceptors (Lipinski definition) is 4. The summed E-state index contributed by atoms with van der Waals surface area (Å²) < 4.78 is 11.1.